The number of aromatic nitrogens is 2. The average Bonchev–Trinajstić information content (AvgIpc) is 3.13. The molecule has 0 spiro atoms. The van der Waals surface area contributed by atoms with E-state index in [1.807, 2.05) is 4.68 Å². The third kappa shape index (κ3) is 3.30. The Morgan fingerprint density at radius 2 is 1.79 bits per heavy atom. The van der Waals surface area contributed by atoms with Crippen molar-refractivity contribution < 1.29 is 22.0 Å². The van der Waals surface area contributed by atoms with Crippen LogP contribution in [0.2, 0.25) is 0 Å². The lowest BCUT2D eigenvalue weighted by Gasteiger charge is -2.34. The SMILES string of the molecule is O=C(c1cnn2c1CCCC2)N1CCN(S(=O)(=O)c2cc(F)ccc2F)CC1. The molecule has 0 saturated carbocycles. The van der Waals surface area contributed by atoms with E-state index in [2.05, 4.69) is 5.10 Å². The van der Waals surface area contributed by atoms with Crippen LogP contribution in [0.25, 0.3) is 0 Å². The molecule has 2 aromatic rings. The van der Waals surface area contributed by atoms with Crippen LogP contribution in [0.1, 0.15) is 28.9 Å². The van der Waals surface area contributed by atoms with Gasteiger partial charge in [0.1, 0.15) is 16.5 Å². The fraction of sp³-hybridized carbons (Fsp3) is 0.444. The average molecular weight is 410 g/mol. The van der Waals surface area contributed by atoms with Crippen molar-refractivity contribution in [3.05, 3.63) is 47.3 Å². The molecule has 4 rings (SSSR count). The molecule has 2 aliphatic rings. The van der Waals surface area contributed by atoms with Gasteiger partial charge in [0.2, 0.25) is 10.0 Å². The van der Waals surface area contributed by atoms with Crippen molar-refractivity contribution in [1.29, 1.82) is 0 Å². The summed E-state index contributed by atoms with van der Waals surface area (Å²) >= 11 is 0. The van der Waals surface area contributed by atoms with Gasteiger partial charge in [0.25, 0.3) is 5.91 Å². The van der Waals surface area contributed by atoms with Crippen molar-refractivity contribution in [3.8, 4) is 0 Å². The number of hydrogen-bond acceptors (Lipinski definition) is 4. The second kappa shape index (κ2) is 7.25. The van der Waals surface area contributed by atoms with Crippen molar-refractivity contribution in [2.75, 3.05) is 26.2 Å². The quantitative estimate of drug-likeness (QED) is 0.771. The molecule has 0 radical (unpaired) electrons. The Hall–Kier alpha value is -2.33. The van der Waals surface area contributed by atoms with Crippen molar-refractivity contribution in [2.45, 2.75) is 30.7 Å². The Morgan fingerprint density at radius 1 is 1.04 bits per heavy atom. The summed E-state index contributed by atoms with van der Waals surface area (Å²) in [5.41, 5.74) is 1.49. The molecule has 1 saturated heterocycles. The fourth-order valence-corrected chi connectivity index (χ4v) is 5.21. The zero-order valence-corrected chi connectivity index (χ0v) is 16.0. The predicted octanol–water partition coefficient (Wildman–Crippen LogP) is 1.64. The molecule has 0 N–H and O–H groups in total. The first-order valence-electron chi connectivity index (χ1n) is 9.17. The molecule has 7 nitrogen and oxygen atoms in total. The van der Waals surface area contributed by atoms with Gasteiger partial charge in [0.15, 0.2) is 0 Å². The van der Waals surface area contributed by atoms with Gasteiger partial charge in [0.05, 0.1) is 17.5 Å². The lowest BCUT2D eigenvalue weighted by molar-refractivity contribution is 0.0696. The Kier molecular flexibility index (Phi) is 4.92. The number of halogens is 2. The topological polar surface area (TPSA) is 75.5 Å². The highest BCUT2D eigenvalue weighted by Crippen LogP contribution is 2.23. The number of hydrogen-bond donors (Lipinski definition) is 0. The van der Waals surface area contributed by atoms with E-state index < -0.39 is 26.6 Å². The van der Waals surface area contributed by atoms with Crippen LogP contribution in [0.5, 0.6) is 0 Å². The summed E-state index contributed by atoms with van der Waals surface area (Å²) in [7, 11) is -4.17. The van der Waals surface area contributed by atoms with Crippen LogP contribution >= 0.6 is 0 Å². The molecule has 1 aromatic carbocycles. The van der Waals surface area contributed by atoms with Crippen LogP contribution in [0.3, 0.4) is 0 Å². The van der Waals surface area contributed by atoms with E-state index in [4.69, 9.17) is 0 Å². The molecule has 28 heavy (non-hydrogen) atoms. The van der Waals surface area contributed by atoms with Crippen LogP contribution in [0.15, 0.2) is 29.3 Å². The third-order valence-electron chi connectivity index (χ3n) is 5.25. The molecule has 1 amide bonds. The van der Waals surface area contributed by atoms with Crippen molar-refractivity contribution in [2.24, 2.45) is 0 Å². The van der Waals surface area contributed by atoms with Crippen LogP contribution in [-0.4, -0.2) is 59.5 Å². The van der Waals surface area contributed by atoms with Crippen molar-refractivity contribution in [1.82, 2.24) is 19.0 Å². The molecule has 0 aliphatic carbocycles. The molecule has 10 heteroatoms. The second-order valence-electron chi connectivity index (χ2n) is 6.96. The number of nitrogens with zero attached hydrogens (tertiary/aromatic N) is 4. The molecule has 0 unspecified atom stereocenters. The number of piperazine rings is 1. The summed E-state index contributed by atoms with van der Waals surface area (Å²) in [5.74, 6) is -1.98. The molecule has 0 bridgehead atoms. The number of carbonyl (C=O) groups is 1. The molecular formula is C18H20F2N4O3S. The highest BCUT2D eigenvalue weighted by atomic mass is 32.2. The third-order valence-corrected chi connectivity index (χ3v) is 7.16. The largest absolute Gasteiger partial charge is 0.336 e. The van der Waals surface area contributed by atoms with Gasteiger partial charge in [-0.3, -0.25) is 9.48 Å². The number of sulfonamides is 1. The Bertz CT molecular complexity index is 1010. The van der Waals surface area contributed by atoms with E-state index >= 15 is 0 Å². The minimum atomic E-state index is -4.17. The highest BCUT2D eigenvalue weighted by Gasteiger charge is 2.33. The van der Waals surface area contributed by atoms with Crippen molar-refractivity contribution in [3.63, 3.8) is 0 Å². The Balaban J connectivity index is 1.48. The molecular weight excluding hydrogens is 390 g/mol. The number of amides is 1. The predicted molar refractivity (Wildman–Crippen MR) is 96.2 cm³/mol. The summed E-state index contributed by atoms with van der Waals surface area (Å²) in [6.07, 6.45) is 4.43. The maximum absolute atomic E-state index is 13.9. The number of benzene rings is 1. The first-order valence-corrected chi connectivity index (χ1v) is 10.6. The van der Waals surface area contributed by atoms with E-state index in [1.165, 1.54) is 0 Å². The number of fused-ring (bicyclic) bond motifs is 1. The van der Waals surface area contributed by atoms with Crippen LogP contribution in [0, 0.1) is 11.6 Å². The van der Waals surface area contributed by atoms with Gasteiger partial charge in [-0.1, -0.05) is 0 Å². The van der Waals surface area contributed by atoms with Crippen LogP contribution < -0.4 is 0 Å². The Labute approximate surface area is 161 Å². The summed E-state index contributed by atoms with van der Waals surface area (Å²) in [6, 6.07) is 2.35. The molecule has 0 atom stereocenters. The standard InChI is InChI=1S/C18H20F2N4O3S/c19-13-4-5-15(20)17(11-13)28(26,27)23-9-7-22(8-10-23)18(25)14-12-21-24-6-2-1-3-16(14)24/h4-5,11-12H,1-3,6-10H2. The van der Waals surface area contributed by atoms with Gasteiger partial charge in [-0.05, 0) is 37.5 Å². The molecule has 3 heterocycles. The smallest absolute Gasteiger partial charge is 0.257 e. The monoisotopic (exact) mass is 410 g/mol. The van der Waals surface area contributed by atoms with E-state index in [0.29, 0.717) is 11.6 Å². The van der Waals surface area contributed by atoms with Crippen LogP contribution in [-0.2, 0) is 23.0 Å². The summed E-state index contributed by atoms with van der Waals surface area (Å²) in [4.78, 5) is 13.8. The number of rotatable bonds is 3. The first kappa shape index (κ1) is 19.0. The van der Waals surface area contributed by atoms with Gasteiger partial charge >= 0.3 is 0 Å². The van der Waals surface area contributed by atoms with E-state index in [1.54, 1.807) is 11.1 Å². The van der Waals surface area contributed by atoms with Crippen molar-refractivity contribution >= 4 is 15.9 Å². The van der Waals surface area contributed by atoms with E-state index in [0.717, 1.165) is 47.9 Å². The zero-order chi connectivity index (χ0) is 19.9. The summed E-state index contributed by atoms with van der Waals surface area (Å²) in [5, 5.41) is 4.27. The van der Waals surface area contributed by atoms with Gasteiger partial charge in [-0.15, -0.1) is 0 Å². The van der Waals surface area contributed by atoms with E-state index in [9.17, 15) is 22.0 Å². The lowest BCUT2D eigenvalue weighted by Crippen LogP contribution is -2.50. The van der Waals surface area contributed by atoms with E-state index in [-0.39, 0.29) is 32.1 Å². The lowest BCUT2D eigenvalue weighted by atomic mass is 10.1. The maximum Gasteiger partial charge on any atom is 0.257 e. The number of aryl methyl sites for hydroxylation is 1. The fourth-order valence-electron chi connectivity index (χ4n) is 3.72. The minimum absolute atomic E-state index is 0.0213. The minimum Gasteiger partial charge on any atom is -0.336 e. The Morgan fingerprint density at radius 3 is 2.54 bits per heavy atom. The second-order valence-corrected chi connectivity index (χ2v) is 8.86. The van der Waals surface area contributed by atoms with Gasteiger partial charge < -0.3 is 4.90 Å². The highest BCUT2D eigenvalue weighted by molar-refractivity contribution is 7.89. The molecule has 1 fully saturated rings. The number of carbonyl (C=O) groups excluding carboxylic acids is 1. The maximum atomic E-state index is 13.9. The van der Waals surface area contributed by atoms with Gasteiger partial charge in [-0.25, -0.2) is 17.2 Å². The first-order chi connectivity index (χ1) is 13.4. The molecule has 2 aliphatic heterocycles. The van der Waals surface area contributed by atoms with Gasteiger partial charge in [-0.2, -0.15) is 9.40 Å². The van der Waals surface area contributed by atoms with Crippen LogP contribution in [0.4, 0.5) is 8.78 Å². The molecule has 1 aromatic heterocycles. The normalized spacial score (nSPS) is 18.1. The molecule has 150 valence electrons. The summed E-state index contributed by atoms with van der Waals surface area (Å²) < 4.78 is 55.6. The zero-order valence-electron chi connectivity index (χ0n) is 15.1. The van der Waals surface area contributed by atoms with Gasteiger partial charge in [0, 0.05) is 32.7 Å². The summed E-state index contributed by atoms with van der Waals surface area (Å²) in [6.45, 7) is 1.20.